The average molecular weight is 467 g/mol. The van der Waals surface area contributed by atoms with Crippen molar-refractivity contribution in [1.82, 2.24) is 9.97 Å². The zero-order valence-electron chi connectivity index (χ0n) is 16.8. The van der Waals surface area contributed by atoms with E-state index in [9.17, 15) is 19.7 Å². The number of H-pyrrole nitrogens is 1. The molecule has 0 amide bonds. The van der Waals surface area contributed by atoms with Gasteiger partial charge in [-0.15, -0.1) is 11.3 Å². The molecule has 1 atom stereocenters. The van der Waals surface area contributed by atoms with Gasteiger partial charge in [0.15, 0.2) is 10.9 Å². The Labute approximate surface area is 190 Å². The van der Waals surface area contributed by atoms with Gasteiger partial charge in [-0.25, -0.2) is 4.98 Å². The third-order valence-corrected chi connectivity index (χ3v) is 7.47. The average Bonchev–Trinajstić information content (AvgIpc) is 3.31. The first kappa shape index (κ1) is 20.7. The van der Waals surface area contributed by atoms with Crippen molar-refractivity contribution in [2.75, 3.05) is 5.32 Å². The lowest BCUT2D eigenvalue weighted by atomic mass is 9.79. The third kappa shape index (κ3) is 3.76. The first-order valence-electron chi connectivity index (χ1n) is 10.1. The fraction of sp³-hybridized carbons (Fsp3) is 0.227. The smallest absolute Gasteiger partial charge is 0.269 e. The highest BCUT2D eigenvalue weighted by Crippen LogP contribution is 2.44. The second-order valence-corrected chi connectivity index (χ2v) is 9.53. The molecule has 3 heterocycles. The molecule has 0 fully saturated rings. The lowest BCUT2D eigenvalue weighted by Crippen LogP contribution is -2.32. The maximum atomic E-state index is 13.1. The number of non-ortho nitro benzene ring substituents is 1. The molecule has 1 aliphatic heterocycles. The summed E-state index contributed by atoms with van der Waals surface area (Å²) in [6, 6.07) is 10.2. The van der Waals surface area contributed by atoms with E-state index in [2.05, 4.69) is 15.3 Å². The molecule has 8 nitrogen and oxygen atoms in total. The van der Waals surface area contributed by atoms with Gasteiger partial charge in [-0.2, -0.15) is 0 Å². The third-order valence-electron chi connectivity index (χ3n) is 5.59. The van der Waals surface area contributed by atoms with Crippen molar-refractivity contribution >= 4 is 40.4 Å². The zero-order chi connectivity index (χ0) is 22.2. The summed E-state index contributed by atoms with van der Waals surface area (Å²) < 4.78 is 0. The molecule has 3 aromatic rings. The van der Waals surface area contributed by atoms with Gasteiger partial charge in [0.2, 0.25) is 0 Å². The van der Waals surface area contributed by atoms with Crippen LogP contribution in [0.2, 0.25) is 0 Å². The monoisotopic (exact) mass is 466 g/mol. The highest BCUT2D eigenvalue weighted by atomic mass is 32.2. The van der Waals surface area contributed by atoms with E-state index >= 15 is 0 Å². The molecule has 0 radical (unpaired) electrons. The number of hydrogen-bond donors (Lipinski definition) is 2. The van der Waals surface area contributed by atoms with Gasteiger partial charge in [0, 0.05) is 40.5 Å². The molecule has 2 aliphatic rings. The number of nitro groups is 1. The lowest BCUT2D eigenvalue weighted by Gasteiger charge is -2.32. The van der Waals surface area contributed by atoms with Gasteiger partial charge in [-0.3, -0.25) is 19.7 Å². The maximum Gasteiger partial charge on any atom is 0.269 e. The predicted molar refractivity (Wildman–Crippen MR) is 123 cm³/mol. The van der Waals surface area contributed by atoms with Crippen molar-refractivity contribution in [3.8, 4) is 0 Å². The van der Waals surface area contributed by atoms with Crippen LogP contribution in [0.15, 0.2) is 63.0 Å². The minimum Gasteiger partial charge on any atom is -0.343 e. The second-order valence-electron chi connectivity index (χ2n) is 7.59. The number of nitrogens with one attached hydrogen (secondary N) is 2. The van der Waals surface area contributed by atoms with Crippen molar-refractivity contribution < 1.29 is 9.72 Å². The second kappa shape index (κ2) is 8.36. The molecular weight excluding hydrogens is 448 g/mol. The Bertz CT molecular complexity index is 1300. The fourth-order valence-corrected chi connectivity index (χ4v) is 5.77. The maximum absolute atomic E-state index is 13.1. The van der Waals surface area contributed by atoms with Crippen LogP contribution in [0.3, 0.4) is 0 Å². The van der Waals surface area contributed by atoms with E-state index in [1.165, 1.54) is 35.2 Å². The first-order valence-corrected chi connectivity index (χ1v) is 11.9. The number of thioether (sulfide) groups is 1. The number of aromatic amines is 1. The first-order chi connectivity index (χ1) is 15.5. The summed E-state index contributed by atoms with van der Waals surface area (Å²) in [5.41, 5.74) is 2.67. The van der Waals surface area contributed by atoms with E-state index in [-0.39, 0.29) is 17.0 Å². The molecule has 1 aromatic carbocycles. The lowest BCUT2D eigenvalue weighted by molar-refractivity contribution is -0.384. The Hall–Kier alpha value is -3.24. The molecule has 0 spiro atoms. The van der Waals surface area contributed by atoms with E-state index in [1.54, 1.807) is 12.1 Å². The minimum absolute atomic E-state index is 0.0361. The number of hydrogen-bond acceptors (Lipinski definition) is 8. The number of thiophene rings is 1. The summed E-state index contributed by atoms with van der Waals surface area (Å²) in [7, 11) is 0. The summed E-state index contributed by atoms with van der Waals surface area (Å²) in [4.78, 5) is 44.8. The van der Waals surface area contributed by atoms with Crippen molar-refractivity contribution in [3.05, 3.63) is 89.5 Å². The van der Waals surface area contributed by atoms with Crippen LogP contribution in [0.5, 0.6) is 0 Å². The summed E-state index contributed by atoms with van der Waals surface area (Å²) in [6.45, 7) is 0. The van der Waals surface area contributed by atoms with E-state index in [0.29, 0.717) is 34.3 Å². The van der Waals surface area contributed by atoms with E-state index in [1.807, 2.05) is 17.5 Å². The molecular formula is C22H18N4O4S2. The number of rotatable bonds is 5. The number of nitrogens with zero attached hydrogens (tertiary/aromatic N) is 2. The number of ketones is 1. The van der Waals surface area contributed by atoms with Crippen LogP contribution in [-0.4, -0.2) is 20.7 Å². The normalized spacial score (nSPS) is 17.5. The molecule has 0 saturated heterocycles. The van der Waals surface area contributed by atoms with Crippen LogP contribution < -0.4 is 10.9 Å². The van der Waals surface area contributed by atoms with Gasteiger partial charge in [-0.1, -0.05) is 30.0 Å². The van der Waals surface area contributed by atoms with Crippen LogP contribution in [0, 0.1) is 10.1 Å². The summed E-state index contributed by atoms with van der Waals surface area (Å²) >= 11 is 2.87. The van der Waals surface area contributed by atoms with Gasteiger partial charge < -0.3 is 10.3 Å². The Morgan fingerprint density at radius 1 is 1.19 bits per heavy atom. The van der Waals surface area contributed by atoms with Crippen molar-refractivity contribution in [2.24, 2.45) is 0 Å². The predicted octanol–water partition coefficient (Wildman–Crippen LogP) is 4.60. The van der Waals surface area contributed by atoms with Crippen molar-refractivity contribution in [3.63, 3.8) is 0 Å². The molecule has 5 rings (SSSR count). The van der Waals surface area contributed by atoms with Gasteiger partial charge in [-0.05, 0) is 29.9 Å². The number of nitro benzene ring substituents is 1. The molecule has 0 saturated carbocycles. The number of anilines is 1. The number of carbonyl (C=O) groups excluding carboxylic acids is 1. The van der Waals surface area contributed by atoms with E-state index < -0.39 is 10.8 Å². The highest BCUT2D eigenvalue weighted by Gasteiger charge is 2.38. The molecule has 1 unspecified atom stereocenters. The summed E-state index contributed by atoms with van der Waals surface area (Å²) in [5.74, 6) is 0.671. The van der Waals surface area contributed by atoms with Crippen molar-refractivity contribution in [2.45, 2.75) is 36.1 Å². The number of benzene rings is 1. The van der Waals surface area contributed by atoms with Crippen LogP contribution >= 0.6 is 23.1 Å². The quantitative estimate of drug-likeness (QED) is 0.244. The zero-order valence-corrected chi connectivity index (χ0v) is 18.4. The van der Waals surface area contributed by atoms with Gasteiger partial charge in [0.25, 0.3) is 11.2 Å². The SMILES string of the molecule is O=C1CCCC2=C1C(c1cccs1)c1c(nc(SCc3ccc([N+](=O)[O-])cc3)[nH]c1=O)N2. The molecule has 162 valence electrons. The largest absolute Gasteiger partial charge is 0.343 e. The molecule has 10 heteroatoms. The van der Waals surface area contributed by atoms with E-state index in [4.69, 9.17) is 0 Å². The Balaban J connectivity index is 1.47. The standard InChI is InChI=1S/C22H18N4O4S2/c27-15-4-1-3-14-17(15)18(16-5-2-10-31-16)19-20(23-14)24-22(25-21(19)28)32-11-12-6-8-13(9-7-12)26(29)30/h2,5-10,18H,1,3-4,11H2,(H2,23,24,25,28). The van der Waals surface area contributed by atoms with Gasteiger partial charge in [0.1, 0.15) is 5.82 Å². The van der Waals surface area contributed by atoms with Crippen LogP contribution in [-0.2, 0) is 10.5 Å². The van der Waals surface area contributed by atoms with Crippen LogP contribution in [0.25, 0.3) is 0 Å². The topological polar surface area (TPSA) is 118 Å². The Morgan fingerprint density at radius 3 is 2.72 bits per heavy atom. The number of aromatic nitrogens is 2. The Kier molecular flexibility index (Phi) is 5.40. The van der Waals surface area contributed by atoms with Crippen LogP contribution in [0.4, 0.5) is 11.5 Å². The number of Topliss-reactive ketones (excluding diaryl/α,β-unsaturated/α-hetero) is 1. The van der Waals surface area contributed by atoms with Gasteiger partial charge >= 0.3 is 0 Å². The summed E-state index contributed by atoms with van der Waals surface area (Å²) in [6.07, 6.45) is 2.02. The number of fused-ring (bicyclic) bond motifs is 1. The Morgan fingerprint density at radius 2 is 2.00 bits per heavy atom. The summed E-state index contributed by atoms with van der Waals surface area (Å²) in [5, 5.41) is 16.5. The number of carbonyl (C=O) groups is 1. The van der Waals surface area contributed by atoms with E-state index in [0.717, 1.165) is 29.0 Å². The van der Waals surface area contributed by atoms with Crippen LogP contribution in [0.1, 0.15) is 41.2 Å². The van der Waals surface area contributed by atoms with Gasteiger partial charge in [0.05, 0.1) is 16.4 Å². The molecule has 32 heavy (non-hydrogen) atoms. The fourth-order valence-electron chi connectivity index (χ4n) is 4.11. The molecule has 2 aromatic heterocycles. The minimum atomic E-state index is -0.436. The van der Waals surface area contributed by atoms with Crippen molar-refractivity contribution in [1.29, 1.82) is 0 Å². The molecule has 0 bridgehead atoms. The highest BCUT2D eigenvalue weighted by molar-refractivity contribution is 7.98. The molecule has 1 aliphatic carbocycles. The number of allylic oxidation sites excluding steroid dienone is 2. The molecule has 2 N–H and O–H groups in total.